The minimum atomic E-state index is -0.0472. The van der Waals surface area contributed by atoms with Crippen molar-refractivity contribution in [2.75, 3.05) is 0 Å². The molecule has 0 fully saturated rings. The van der Waals surface area contributed by atoms with Crippen LogP contribution in [0.4, 0.5) is 0 Å². The Morgan fingerprint density at radius 1 is 0.938 bits per heavy atom. The Labute approximate surface area is 102 Å². The average Bonchev–Trinajstić information content (AvgIpc) is 2.29. The van der Waals surface area contributed by atoms with Crippen molar-refractivity contribution in [3.05, 3.63) is 32.6 Å². The zero-order valence-electron chi connectivity index (χ0n) is 7.96. The molecule has 0 spiro atoms. The fraction of sp³-hybridized carbons (Fsp3) is 0. The van der Waals surface area contributed by atoms with E-state index in [1.807, 2.05) is 0 Å². The van der Waals surface area contributed by atoms with E-state index in [1.165, 1.54) is 12.1 Å². The number of hydrogen-bond acceptors (Lipinski definition) is 4. The van der Waals surface area contributed by atoms with E-state index in [2.05, 4.69) is 0 Å². The first-order valence-electron chi connectivity index (χ1n) is 4.06. The van der Waals surface area contributed by atoms with Crippen LogP contribution >= 0.6 is 23.2 Å². The second kappa shape index (κ2) is 4.76. The number of halogens is 2. The van der Waals surface area contributed by atoms with E-state index in [9.17, 15) is 0 Å². The van der Waals surface area contributed by atoms with Crippen LogP contribution in [0.15, 0.2) is 12.1 Å². The highest BCUT2D eigenvalue weighted by Crippen LogP contribution is 2.05. The summed E-state index contributed by atoms with van der Waals surface area (Å²) in [4.78, 5) is 0. The third-order valence-electron chi connectivity index (χ3n) is 1.88. The second-order valence-corrected chi connectivity index (χ2v) is 3.68. The quantitative estimate of drug-likeness (QED) is 0.688. The summed E-state index contributed by atoms with van der Waals surface area (Å²) in [5, 5.41) is 18.3. The fourth-order valence-corrected chi connectivity index (χ4v) is 1.61. The molecule has 80 valence electrons. The zero-order valence-corrected chi connectivity index (χ0v) is 9.47. The normalized spacial score (nSPS) is 13.5. The SMILES string of the molecule is N#C/C(N)=c1/cc(Cl)/c(=C(/N)C#N)cc1Cl. The van der Waals surface area contributed by atoms with E-state index in [-0.39, 0.29) is 21.4 Å². The summed E-state index contributed by atoms with van der Waals surface area (Å²) in [6.45, 7) is 0. The highest BCUT2D eigenvalue weighted by molar-refractivity contribution is 6.33. The molecular formula is C10H6Cl2N4. The molecule has 0 heterocycles. The van der Waals surface area contributed by atoms with Crippen LogP contribution in [-0.2, 0) is 0 Å². The number of benzene rings is 1. The maximum absolute atomic E-state index is 8.63. The smallest absolute Gasteiger partial charge is 0.119 e. The van der Waals surface area contributed by atoms with Crippen molar-refractivity contribution in [3.8, 4) is 12.1 Å². The fourth-order valence-electron chi connectivity index (χ4n) is 1.08. The van der Waals surface area contributed by atoms with Gasteiger partial charge < -0.3 is 11.5 Å². The van der Waals surface area contributed by atoms with Gasteiger partial charge >= 0.3 is 0 Å². The van der Waals surface area contributed by atoms with E-state index >= 15 is 0 Å². The first-order chi connectivity index (χ1) is 7.51. The van der Waals surface area contributed by atoms with Gasteiger partial charge in [-0.15, -0.1) is 0 Å². The predicted octanol–water partition coefficient (Wildman–Crippen LogP) is 0.174. The van der Waals surface area contributed by atoms with Crippen LogP contribution in [0.2, 0.25) is 10.0 Å². The molecule has 0 aromatic heterocycles. The third-order valence-corrected chi connectivity index (χ3v) is 2.50. The molecule has 0 unspecified atom stereocenters. The first kappa shape index (κ1) is 12.2. The van der Waals surface area contributed by atoms with Gasteiger partial charge in [0.2, 0.25) is 0 Å². The largest absolute Gasteiger partial charge is 0.390 e. The Bertz CT molecular complexity index is 577. The molecule has 0 radical (unpaired) electrons. The monoisotopic (exact) mass is 252 g/mol. The standard InChI is InChI=1S/C10H6Cl2N4/c11-7-1-5(9(15)3-13)8(12)2-6(7)10(16)4-14/h1-2H,15-16H2/b9-5+,10-6+. The van der Waals surface area contributed by atoms with Crippen molar-refractivity contribution in [2.24, 2.45) is 11.5 Å². The van der Waals surface area contributed by atoms with E-state index in [0.29, 0.717) is 10.4 Å². The molecule has 0 saturated carbocycles. The van der Waals surface area contributed by atoms with Gasteiger partial charge in [0.1, 0.15) is 23.5 Å². The summed E-state index contributed by atoms with van der Waals surface area (Å²) in [5.41, 5.74) is 10.8. The summed E-state index contributed by atoms with van der Waals surface area (Å²) in [6.07, 6.45) is 0. The molecule has 16 heavy (non-hydrogen) atoms. The number of hydrogen-bond donors (Lipinski definition) is 2. The molecule has 1 aromatic carbocycles. The molecule has 0 aliphatic heterocycles. The van der Waals surface area contributed by atoms with Crippen LogP contribution in [0.1, 0.15) is 0 Å². The van der Waals surface area contributed by atoms with Gasteiger partial charge in [0.25, 0.3) is 0 Å². The summed E-state index contributed by atoms with van der Waals surface area (Å²) in [7, 11) is 0. The van der Waals surface area contributed by atoms with Gasteiger partial charge in [-0.1, -0.05) is 23.2 Å². The summed E-state index contributed by atoms with van der Waals surface area (Å²) >= 11 is 11.8. The molecule has 6 heteroatoms. The van der Waals surface area contributed by atoms with Gasteiger partial charge in [0.15, 0.2) is 0 Å². The van der Waals surface area contributed by atoms with E-state index in [0.717, 1.165) is 0 Å². The lowest BCUT2D eigenvalue weighted by atomic mass is 10.2. The lowest BCUT2D eigenvalue weighted by Crippen LogP contribution is -2.20. The molecule has 0 saturated heterocycles. The minimum absolute atomic E-state index is 0.0472. The second-order valence-electron chi connectivity index (χ2n) is 2.86. The lowest BCUT2D eigenvalue weighted by Gasteiger charge is -1.98. The van der Waals surface area contributed by atoms with Crippen LogP contribution in [0.3, 0.4) is 0 Å². The molecule has 0 aliphatic rings. The van der Waals surface area contributed by atoms with Gasteiger partial charge in [-0.25, -0.2) is 0 Å². The van der Waals surface area contributed by atoms with Crippen LogP contribution in [0.25, 0.3) is 11.4 Å². The topological polar surface area (TPSA) is 99.6 Å². The Morgan fingerprint density at radius 2 is 1.25 bits per heavy atom. The van der Waals surface area contributed by atoms with Crippen molar-refractivity contribution in [3.63, 3.8) is 0 Å². The van der Waals surface area contributed by atoms with Crippen molar-refractivity contribution >= 4 is 34.6 Å². The van der Waals surface area contributed by atoms with Crippen LogP contribution in [-0.4, -0.2) is 0 Å². The maximum Gasteiger partial charge on any atom is 0.119 e. The zero-order chi connectivity index (χ0) is 12.3. The Balaban J connectivity index is 3.82. The molecule has 4 N–H and O–H groups in total. The average molecular weight is 253 g/mol. The van der Waals surface area contributed by atoms with Gasteiger partial charge in [-0.05, 0) is 12.1 Å². The molecule has 0 bridgehead atoms. The van der Waals surface area contributed by atoms with Gasteiger partial charge in [0, 0.05) is 10.4 Å². The lowest BCUT2D eigenvalue weighted by molar-refractivity contribution is 1.42. The van der Waals surface area contributed by atoms with Crippen molar-refractivity contribution in [1.29, 1.82) is 10.5 Å². The van der Waals surface area contributed by atoms with E-state index in [4.69, 9.17) is 45.2 Å². The highest BCUT2D eigenvalue weighted by atomic mass is 35.5. The molecule has 1 aromatic rings. The highest BCUT2D eigenvalue weighted by Gasteiger charge is 2.03. The molecular weight excluding hydrogens is 247 g/mol. The molecule has 1 rings (SSSR count). The van der Waals surface area contributed by atoms with Crippen molar-refractivity contribution in [2.45, 2.75) is 0 Å². The van der Waals surface area contributed by atoms with Gasteiger partial charge in [-0.2, -0.15) is 10.5 Å². The van der Waals surface area contributed by atoms with E-state index in [1.54, 1.807) is 12.1 Å². The van der Waals surface area contributed by atoms with E-state index < -0.39 is 0 Å². The third kappa shape index (κ3) is 2.20. The number of nitrogens with zero attached hydrogens (tertiary/aromatic N) is 2. The summed E-state index contributed by atoms with van der Waals surface area (Å²) in [5.74, 6) is 0. The minimum Gasteiger partial charge on any atom is -0.390 e. The molecule has 4 nitrogen and oxygen atoms in total. The molecule has 0 atom stereocenters. The number of rotatable bonds is 0. The van der Waals surface area contributed by atoms with Gasteiger partial charge in [-0.3, -0.25) is 0 Å². The summed E-state index contributed by atoms with van der Waals surface area (Å²) < 4.78 is 0. The Hall–Kier alpha value is -1.88. The number of nitrogens with two attached hydrogens (primary N) is 2. The van der Waals surface area contributed by atoms with Crippen molar-refractivity contribution < 1.29 is 0 Å². The summed E-state index contributed by atoms with van der Waals surface area (Å²) in [6, 6.07) is 6.33. The number of nitriles is 2. The van der Waals surface area contributed by atoms with Crippen molar-refractivity contribution in [1.82, 2.24) is 0 Å². The van der Waals surface area contributed by atoms with Crippen LogP contribution in [0, 0.1) is 22.7 Å². The molecule has 0 amide bonds. The Kier molecular flexibility index (Phi) is 3.63. The van der Waals surface area contributed by atoms with Crippen LogP contribution < -0.4 is 21.9 Å². The van der Waals surface area contributed by atoms with Crippen LogP contribution in [0.5, 0.6) is 0 Å². The first-order valence-corrected chi connectivity index (χ1v) is 4.81. The molecule has 0 aliphatic carbocycles. The Morgan fingerprint density at radius 3 is 1.50 bits per heavy atom. The maximum atomic E-state index is 8.63. The van der Waals surface area contributed by atoms with Gasteiger partial charge in [0.05, 0.1) is 10.0 Å². The predicted molar refractivity (Wildman–Crippen MR) is 62.1 cm³/mol.